The van der Waals surface area contributed by atoms with Crippen LogP contribution in [0.5, 0.6) is 0 Å². The Morgan fingerprint density at radius 3 is 2.64 bits per heavy atom. The smallest absolute Gasteiger partial charge is 0.280 e. The van der Waals surface area contributed by atoms with Crippen LogP contribution in [-0.2, 0) is 14.3 Å². The molecule has 0 unspecified atom stereocenters. The highest BCUT2D eigenvalue weighted by molar-refractivity contribution is 5.48. The van der Waals surface area contributed by atoms with Gasteiger partial charge in [-0.1, -0.05) is 6.92 Å². The van der Waals surface area contributed by atoms with Crippen LogP contribution in [0.1, 0.15) is 19.8 Å². The predicted octanol–water partition coefficient (Wildman–Crippen LogP) is 1.01. The number of hydrogen-bond donors (Lipinski definition) is 0. The van der Waals surface area contributed by atoms with Crippen molar-refractivity contribution in [3.05, 3.63) is 5.88 Å². The van der Waals surface area contributed by atoms with E-state index in [1.165, 1.54) is 7.11 Å². The van der Waals surface area contributed by atoms with Crippen molar-refractivity contribution in [3.8, 4) is 0 Å². The van der Waals surface area contributed by atoms with E-state index in [-0.39, 0.29) is 12.7 Å². The molecule has 0 aromatic rings. The molecule has 0 aromatic heterocycles. The van der Waals surface area contributed by atoms with Crippen LogP contribution in [0, 0.1) is 5.92 Å². The highest BCUT2D eigenvalue weighted by Gasteiger charge is 2.19. The van der Waals surface area contributed by atoms with E-state index >= 15 is 0 Å². The predicted molar refractivity (Wildman–Crippen MR) is 52.1 cm³/mol. The van der Waals surface area contributed by atoms with E-state index in [4.69, 9.17) is 9.47 Å². The Morgan fingerprint density at radius 1 is 1.50 bits per heavy atom. The van der Waals surface area contributed by atoms with Crippen molar-refractivity contribution in [2.45, 2.75) is 19.8 Å². The van der Waals surface area contributed by atoms with Crippen LogP contribution >= 0.6 is 0 Å². The highest BCUT2D eigenvalue weighted by atomic mass is 16.7. The second-order valence-electron chi connectivity index (χ2n) is 3.63. The molecule has 0 bridgehead atoms. The molecule has 4 nitrogen and oxygen atoms in total. The molecule has 0 radical (unpaired) electrons. The summed E-state index contributed by atoms with van der Waals surface area (Å²) in [5.41, 5.74) is 0. The third kappa shape index (κ3) is 3.05. The van der Waals surface area contributed by atoms with Crippen LogP contribution in [0.4, 0.5) is 0 Å². The maximum Gasteiger partial charge on any atom is 0.280 e. The third-order valence-electron chi connectivity index (χ3n) is 2.47. The molecule has 14 heavy (non-hydrogen) atoms. The van der Waals surface area contributed by atoms with Gasteiger partial charge < -0.3 is 14.4 Å². The van der Waals surface area contributed by atoms with Crippen LogP contribution in [-0.4, -0.2) is 37.8 Å². The summed E-state index contributed by atoms with van der Waals surface area (Å²) in [4.78, 5) is 12.5. The monoisotopic (exact) mass is 199 g/mol. The molecule has 4 heteroatoms. The van der Waals surface area contributed by atoms with E-state index in [9.17, 15) is 4.79 Å². The number of rotatable bonds is 4. The Labute approximate surface area is 84.5 Å². The normalized spacial score (nSPS) is 17.7. The molecule has 1 aliphatic rings. The summed E-state index contributed by atoms with van der Waals surface area (Å²) in [5, 5.41) is 0. The van der Waals surface area contributed by atoms with Gasteiger partial charge in [-0.2, -0.15) is 0 Å². The zero-order valence-electron chi connectivity index (χ0n) is 8.78. The van der Waals surface area contributed by atoms with E-state index in [0.717, 1.165) is 31.8 Å². The maximum absolute atomic E-state index is 10.6. The van der Waals surface area contributed by atoms with Gasteiger partial charge in [0.05, 0.1) is 0 Å². The Balaban J connectivity index is 2.42. The Hall–Kier alpha value is -0.990. The number of hydrogen-bond acceptors (Lipinski definition) is 4. The van der Waals surface area contributed by atoms with E-state index in [1.54, 1.807) is 0 Å². The fourth-order valence-corrected chi connectivity index (χ4v) is 1.51. The molecule has 1 aliphatic heterocycles. The standard InChI is InChI=1S/C10H17NO3/c1-9-3-5-11(6-4-9)10(7-12)14-8-13-2/h9H,3-6,8H2,1-2H3. The molecule has 0 atom stereocenters. The number of ether oxygens (including phenoxy) is 2. The van der Waals surface area contributed by atoms with E-state index in [1.807, 2.05) is 10.8 Å². The minimum atomic E-state index is 0.108. The molecule has 1 saturated heterocycles. The van der Waals surface area contributed by atoms with Gasteiger partial charge in [0.15, 0.2) is 12.7 Å². The van der Waals surface area contributed by atoms with E-state index < -0.39 is 0 Å². The number of likely N-dealkylation sites (tertiary alicyclic amines) is 1. The average molecular weight is 199 g/mol. The van der Waals surface area contributed by atoms with Gasteiger partial charge in [-0.15, -0.1) is 0 Å². The van der Waals surface area contributed by atoms with Crippen LogP contribution in [0.3, 0.4) is 0 Å². The second-order valence-corrected chi connectivity index (χ2v) is 3.63. The maximum atomic E-state index is 10.6. The minimum absolute atomic E-state index is 0.108. The van der Waals surface area contributed by atoms with Gasteiger partial charge in [0.25, 0.3) is 5.88 Å². The summed E-state index contributed by atoms with van der Waals surface area (Å²) in [6, 6.07) is 0. The lowest BCUT2D eigenvalue weighted by atomic mass is 10.00. The number of carbonyl (C=O) groups excluding carboxylic acids is 1. The van der Waals surface area contributed by atoms with Crippen LogP contribution in [0.15, 0.2) is 5.88 Å². The molecular weight excluding hydrogens is 182 g/mol. The molecule has 1 rings (SSSR count). The zero-order valence-corrected chi connectivity index (χ0v) is 8.78. The van der Waals surface area contributed by atoms with Crippen molar-refractivity contribution in [1.82, 2.24) is 4.90 Å². The molecule has 0 aromatic carbocycles. The van der Waals surface area contributed by atoms with E-state index in [0.29, 0.717) is 0 Å². The molecule has 0 N–H and O–H groups in total. The molecule has 0 amide bonds. The first-order chi connectivity index (χ1) is 6.77. The quantitative estimate of drug-likeness (QED) is 0.385. The van der Waals surface area contributed by atoms with Crippen molar-refractivity contribution in [2.75, 3.05) is 27.0 Å². The minimum Gasteiger partial charge on any atom is -0.444 e. The number of nitrogens with zero attached hydrogens (tertiary/aromatic N) is 1. The van der Waals surface area contributed by atoms with Gasteiger partial charge in [-0.3, -0.25) is 0 Å². The lowest BCUT2D eigenvalue weighted by Gasteiger charge is -2.31. The van der Waals surface area contributed by atoms with Crippen molar-refractivity contribution in [2.24, 2.45) is 5.92 Å². The molecule has 0 spiro atoms. The summed E-state index contributed by atoms with van der Waals surface area (Å²) in [5.74, 6) is 2.83. The molecule has 1 fully saturated rings. The highest BCUT2D eigenvalue weighted by Crippen LogP contribution is 2.18. The van der Waals surface area contributed by atoms with Crippen LogP contribution in [0.25, 0.3) is 0 Å². The SMILES string of the molecule is COCOC(=C=O)N1CCC(C)CC1. The van der Waals surface area contributed by atoms with Crippen LogP contribution in [0.2, 0.25) is 0 Å². The van der Waals surface area contributed by atoms with Gasteiger partial charge >= 0.3 is 0 Å². The summed E-state index contributed by atoms with van der Waals surface area (Å²) in [7, 11) is 1.53. The average Bonchev–Trinajstić information content (AvgIpc) is 2.21. The van der Waals surface area contributed by atoms with Crippen LogP contribution < -0.4 is 0 Å². The molecule has 0 aliphatic carbocycles. The van der Waals surface area contributed by atoms with E-state index in [2.05, 4.69) is 6.92 Å². The molecule has 1 heterocycles. The fraction of sp³-hybridized carbons (Fsp3) is 0.800. The Bertz CT molecular complexity index is 215. The first kappa shape index (κ1) is 11.1. The van der Waals surface area contributed by atoms with Crippen molar-refractivity contribution in [3.63, 3.8) is 0 Å². The van der Waals surface area contributed by atoms with Gasteiger partial charge in [0, 0.05) is 20.2 Å². The van der Waals surface area contributed by atoms with Gasteiger partial charge in [0.2, 0.25) is 0 Å². The van der Waals surface area contributed by atoms with Crippen molar-refractivity contribution < 1.29 is 14.3 Å². The number of piperidine rings is 1. The first-order valence-electron chi connectivity index (χ1n) is 4.89. The first-order valence-corrected chi connectivity index (χ1v) is 4.89. The molecular formula is C10H17NO3. The third-order valence-corrected chi connectivity index (χ3v) is 2.47. The second kappa shape index (κ2) is 5.68. The Kier molecular flexibility index (Phi) is 4.50. The van der Waals surface area contributed by atoms with Gasteiger partial charge in [0.1, 0.15) is 0 Å². The lowest BCUT2D eigenvalue weighted by Crippen LogP contribution is -2.33. The molecule has 0 saturated carbocycles. The van der Waals surface area contributed by atoms with Crippen molar-refractivity contribution >= 4 is 5.94 Å². The number of methoxy groups -OCH3 is 1. The zero-order chi connectivity index (χ0) is 10.4. The Morgan fingerprint density at radius 2 is 2.14 bits per heavy atom. The summed E-state index contributed by atoms with van der Waals surface area (Å²) in [6.45, 7) is 4.07. The summed E-state index contributed by atoms with van der Waals surface area (Å²) < 4.78 is 9.85. The van der Waals surface area contributed by atoms with Gasteiger partial charge in [-0.25, -0.2) is 4.79 Å². The fourth-order valence-electron chi connectivity index (χ4n) is 1.51. The summed E-state index contributed by atoms with van der Waals surface area (Å²) >= 11 is 0. The largest absolute Gasteiger partial charge is 0.444 e. The summed E-state index contributed by atoms with van der Waals surface area (Å²) in [6.07, 6.45) is 2.20. The lowest BCUT2D eigenvalue weighted by molar-refractivity contribution is -0.0270. The topological polar surface area (TPSA) is 38.8 Å². The van der Waals surface area contributed by atoms with Gasteiger partial charge in [-0.05, 0) is 18.8 Å². The molecule has 80 valence electrons. The van der Waals surface area contributed by atoms with Crippen molar-refractivity contribution in [1.29, 1.82) is 0 Å².